The number of anilines is 2. The second-order valence-corrected chi connectivity index (χ2v) is 6.15. The maximum atomic E-state index is 11.5. The summed E-state index contributed by atoms with van der Waals surface area (Å²) in [6, 6.07) is 5.73. The van der Waals surface area contributed by atoms with Crippen LogP contribution < -0.4 is 5.32 Å². The summed E-state index contributed by atoms with van der Waals surface area (Å²) in [4.78, 5) is 12.3. The molecule has 2 N–H and O–H groups in total. The van der Waals surface area contributed by atoms with Crippen molar-refractivity contribution >= 4 is 29.1 Å². The molecule has 1 aromatic carbocycles. The molecule has 1 aromatic heterocycles. The predicted octanol–water partition coefficient (Wildman–Crippen LogP) is 4.02. The van der Waals surface area contributed by atoms with Crippen LogP contribution in [0.4, 0.5) is 11.4 Å². The third kappa shape index (κ3) is 3.58. The van der Waals surface area contributed by atoms with Crippen LogP contribution in [0, 0.1) is 0 Å². The number of rotatable bonds is 6. The van der Waals surface area contributed by atoms with Gasteiger partial charge in [-0.15, -0.1) is 11.8 Å². The molecule has 0 unspecified atom stereocenters. The average molecular weight is 305 g/mol. The molecule has 6 heteroatoms. The van der Waals surface area contributed by atoms with Gasteiger partial charge >= 0.3 is 5.97 Å². The molecule has 0 aliphatic heterocycles. The highest BCUT2D eigenvalue weighted by Crippen LogP contribution is 2.30. The van der Waals surface area contributed by atoms with Crippen molar-refractivity contribution < 1.29 is 9.90 Å². The van der Waals surface area contributed by atoms with Crippen LogP contribution in [0.3, 0.4) is 0 Å². The topological polar surface area (TPSA) is 67.2 Å². The minimum atomic E-state index is -0.926. The van der Waals surface area contributed by atoms with Gasteiger partial charge in [0.25, 0.3) is 0 Å². The van der Waals surface area contributed by atoms with E-state index in [2.05, 4.69) is 10.4 Å². The van der Waals surface area contributed by atoms with Crippen molar-refractivity contribution in [1.82, 2.24) is 9.78 Å². The summed E-state index contributed by atoms with van der Waals surface area (Å²) in [5, 5.41) is 16.9. The molecule has 0 bridgehead atoms. The van der Waals surface area contributed by atoms with Crippen molar-refractivity contribution in [3.8, 4) is 0 Å². The molecule has 0 atom stereocenters. The van der Waals surface area contributed by atoms with Crippen LogP contribution in [0.5, 0.6) is 0 Å². The molecule has 0 saturated carbocycles. The Hall–Kier alpha value is -1.95. The van der Waals surface area contributed by atoms with Crippen LogP contribution in [0.2, 0.25) is 0 Å². The standard InChI is InChI=1S/C15H19N3O2S/c1-4-21-13-7-5-6-12(14(13)15(19)20)17-11-8-16-18(9-11)10(2)3/h5-10,17H,4H2,1-3H3,(H,19,20). The van der Waals surface area contributed by atoms with Gasteiger partial charge in [-0.2, -0.15) is 5.10 Å². The van der Waals surface area contributed by atoms with Gasteiger partial charge in [-0.25, -0.2) is 4.79 Å². The highest BCUT2D eigenvalue weighted by Gasteiger charge is 2.16. The lowest BCUT2D eigenvalue weighted by molar-refractivity contribution is 0.0694. The van der Waals surface area contributed by atoms with Crippen molar-refractivity contribution in [3.05, 3.63) is 36.2 Å². The number of benzene rings is 1. The number of hydrogen-bond donors (Lipinski definition) is 2. The van der Waals surface area contributed by atoms with E-state index in [4.69, 9.17) is 0 Å². The fourth-order valence-electron chi connectivity index (χ4n) is 1.97. The van der Waals surface area contributed by atoms with Crippen LogP contribution >= 0.6 is 11.8 Å². The average Bonchev–Trinajstić information content (AvgIpc) is 2.87. The molecule has 0 spiro atoms. The fourth-order valence-corrected chi connectivity index (χ4v) is 2.80. The number of nitrogens with zero attached hydrogens (tertiary/aromatic N) is 2. The van der Waals surface area contributed by atoms with Gasteiger partial charge in [0, 0.05) is 17.1 Å². The Bertz CT molecular complexity index is 638. The summed E-state index contributed by atoms with van der Waals surface area (Å²) in [5.41, 5.74) is 1.68. The zero-order valence-electron chi connectivity index (χ0n) is 12.3. The third-order valence-corrected chi connectivity index (χ3v) is 3.89. The van der Waals surface area contributed by atoms with E-state index in [0.29, 0.717) is 11.3 Å². The monoisotopic (exact) mass is 305 g/mol. The fraction of sp³-hybridized carbons (Fsp3) is 0.333. The minimum absolute atomic E-state index is 0.265. The van der Waals surface area contributed by atoms with Gasteiger partial charge in [0.15, 0.2) is 0 Å². The summed E-state index contributed by atoms with van der Waals surface area (Å²) in [6.07, 6.45) is 3.57. The largest absolute Gasteiger partial charge is 0.478 e. The van der Waals surface area contributed by atoms with Crippen LogP contribution in [-0.4, -0.2) is 26.6 Å². The molecule has 0 radical (unpaired) electrons. The van der Waals surface area contributed by atoms with Crippen molar-refractivity contribution in [1.29, 1.82) is 0 Å². The van der Waals surface area contributed by atoms with Crippen molar-refractivity contribution in [2.75, 3.05) is 11.1 Å². The van der Waals surface area contributed by atoms with Crippen LogP contribution in [0.15, 0.2) is 35.5 Å². The normalized spacial score (nSPS) is 10.9. The number of nitrogens with one attached hydrogen (secondary N) is 1. The molecule has 2 rings (SSSR count). The first-order valence-corrected chi connectivity index (χ1v) is 7.81. The van der Waals surface area contributed by atoms with Crippen molar-refractivity contribution in [2.24, 2.45) is 0 Å². The van der Waals surface area contributed by atoms with E-state index in [0.717, 1.165) is 16.3 Å². The van der Waals surface area contributed by atoms with E-state index in [1.165, 1.54) is 11.8 Å². The molecule has 5 nitrogen and oxygen atoms in total. The number of thioether (sulfide) groups is 1. The zero-order valence-corrected chi connectivity index (χ0v) is 13.1. The van der Waals surface area contributed by atoms with Gasteiger partial charge < -0.3 is 10.4 Å². The van der Waals surface area contributed by atoms with Crippen LogP contribution in [-0.2, 0) is 0 Å². The van der Waals surface area contributed by atoms with Crippen LogP contribution in [0.25, 0.3) is 0 Å². The number of carboxylic acids is 1. The van der Waals surface area contributed by atoms with Gasteiger partial charge in [0.2, 0.25) is 0 Å². The maximum absolute atomic E-state index is 11.5. The molecule has 0 aliphatic carbocycles. The van der Waals surface area contributed by atoms with Gasteiger partial charge in [0.1, 0.15) is 0 Å². The smallest absolute Gasteiger partial charge is 0.338 e. The van der Waals surface area contributed by atoms with Crippen molar-refractivity contribution in [2.45, 2.75) is 31.7 Å². The first kappa shape index (κ1) is 15.4. The Labute approximate surface area is 128 Å². The minimum Gasteiger partial charge on any atom is -0.478 e. The Balaban J connectivity index is 2.34. The molecule has 0 saturated heterocycles. The molecule has 0 aliphatic rings. The molecule has 0 amide bonds. The summed E-state index contributed by atoms with van der Waals surface area (Å²) in [6.45, 7) is 6.08. The molecular formula is C15H19N3O2S. The highest BCUT2D eigenvalue weighted by atomic mass is 32.2. The van der Waals surface area contributed by atoms with Crippen LogP contribution in [0.1, 0.15) is 37.2 Å². The Morgan fingerprint density at radius 3 is 2.81 bits per heavy atom. The number of carboxylic acid groups (broad SMARTS) is 1. The van der Waals surface area contributed by atoms with Gasteiger partial charge in [-0.3, -0.25) is 4.68 Å². The van der Waals surface area contributed by atoms with Gasteiger partial charge in [-0.1, -0.05) is 13.0 Å². The summed E-state index contributed by atoms with van der Waals surface area (Å²) < 4.78 is 1.83. The summed E-state index contributed by atoms with van der Waals surface area (Å²) >= 11 is 1.52. The highest BCUT2D eigenvalue weighted by molar-refractivity contribution is 7.99. The summed E-state index contributed by atoms with van der Waals surface area (Å²) in [7, 11) is 0. The number of carbonyl (C=O) groups is 1. The summed E-state index contributed by atoms with van der Waals surface area (Å²) in [5.74, 6) is -0.0973. The van der Waals surface area contributed by atoms with E-state index in [1.807, 2.05) is 43.8 Å². The van der Waals surface area contributed by atoms with E-state index in [1.54, 1.807) is 12.3 Å². The molecule has 21 heavy (non-hydrogen) atoms. The number of aromatic nitrogens is 2. The maximum Gasteiger partial charge on any atom is 0.338 e. The molecule has 1 heterocycles. The quantitative estimate of drug-likeness (QED) is 0.789. The zero-order chi connectivity index (χ0) is 15.4. The van der Waals surface area contributed by atoms with E-state index in [9.17, 15) is 9.90 Å². The Morgan fingerprint density at radius 1 is 1.48 bits per heavy atom. The lowest BCUT2D eigenvalue weighted by Crippen LogP contribution is -2.05. The Kier molecular flexibility index (Phi) is 4.90. The number of aromatic carboxylic acids is 1. The van der Waals surface area contributed by atoms with Crippen molar-refractivity contribution in [3.63, 3.8) is 0 Å². The molecule has 2 aromatic rings. The first-order valence-electron chi connectivity index (χ1n) is 6.83. The first-order chi connectivity index (χ1) is 10.0. The lowest BCUT2D eigenvalue weighted by atomic mass is 10.1. The lowest BCUT2D eigenvalue weighted by Gasteiger charge is -2.11. The molecule has 112 valence electrons. The third-order valence-electron chi connectivity index (χ3n) is 2.95. The second kappa shape index (κ2) is 6.67. The SMILES string of the molecule is CCSc1cccc(Nc2cnn(C(C)C)c2)c1C(=O)O. The van der Waals surface area contributed by atoms with E-state index < -0.39 is 5.97 Å². The van der Waals surface area contributed by atoms with Gasteiger partial charge in [0.05, 0.1) is 23.1 Å². The Morgan fingerprint density at radius 2 is 2.24 bits per heavy atom. The predicted molar refractivity (Wildman–Crippen MR) is 85.7 cm³/mol. The number of hydrogen-bond acceptors (Lipinski definition) is 4. The molecule has 0 fully saturated rings. The van der Waals surface area contributed by atoms with E-state index >= 15 is 0 Å². The van der Waals surface area contributed by atoms with E-state index in [-0.39, 0.29) is 6.04 Å². The molecular weight excluding hydrogens is 286 g/mol. The van der Waals surface area contributed by atoms with Gasteiger partial charge in [-0.05, 0) is 31.7 Å². The second-order valence-electron chi connectivity index (χ2n) is 4.84.